The van der Waals surface area contributed by atoms with Gasteiger partial charge in [0, 0.05) is 6.54 Å². The van der Waals surface area contributed by atoms with Crippen LogP contribution in [0, 0.1) is 5.92 Å². The molecule has 0 fully saturated rings. The van der Waals surface area contributed by atoms with Gasteiger partial charge >= 0.3 is 5.97 Å². The smallest absolute Gasteiger partial charge is 0.315 e. The van der Waals surface area contributed by atoms with Crippen molar-refractivity contribution in [2.75, 3.05) is 20.6 Å². The average molecular weight is 254 g/mol. The van der Waals surface area contributed by atoms with Crippen LogP contribution < -0.4 is 5.32 Å². The second kappa shape index (κ2) is 6.20. The molecule has 18 heavy (non-hydrogen) atoms. The lowest BCUT2D eigenvalue weighted by molar-refractivity contribution is -0.146. The quantitative estimate of drug-likeness (QED) is 0.731. The molecule has 100 valence electrons. The predicted molar refractivity (Wildman–Crippen MR) is 64.9 cm³/mol. The zero-order valence-electron chi connectivity index (χ0n) is 10.7. The van der Waals surface area contributed by atoms with E-state index in [9.17, 15) is 9.59 Å². The number of carboxylic acids is 1. The summed E-state index contributed by atoms with van der Waals surface area (Å²) >= 11 is 0. The Balaban J connectivity index is 2.59. The summed E-state index contributed by atoms with van der Waals surface area (Å²) in [6.07, 6.45) is 1.56. The first kappa shape index (κ1) is 14.2. The van der Waals surface area contributed by atoms with E-state index in [-0.39, 0.29) is 6.04 Å². The second-order valence-electron chi connectivity index (χ2n) is 4.30. The molecule has 2 atom stereocenters. The molecule has 0 radical (unpaired) electrons. The fraction of sp³-hybridized carbons (Fsp3) is 0.500. The SMILES string of the molecule is CC(C(=O)O)C(=O)NCC(c1ccco1)N(C)C. The molecule has 0 aromatic carbocycles. The third-order valence-corrected chi connectivity index (χ3v) is 2.73. The Morgan fingerprint density at radius 2 is 2.17 bits per heavy atom. The van der Waals surface area contributed by atoms with Crippen molar-refractivity contribution < 1.29 is 19.1 Å². The number of likely N-dealkylation sites (N-methyl/N-ethyl adjacent to an activating group) is 1. The number of amides is 1. The molecule has 1 heterocycles. The number of carboxylic acid groups (broad SMARTS) is 1. The van der Waals surface area contributed by atoms with Gasteiger partial charge in [0.15, 0.2) is 0 Å². The molecular weight excluding hydrogens is 236 g/mol. The zero-order chi connectivity index (χ0) is 13.7. The van der Waals surface area contributed by atoms with Crippen LogP contribution >= 0.6 is 0 Å². The molecule has 1 amide bonds. The average Bonchev–Trinajstić information content (AvgIpc) is 2.81. The molecule has 0 aliphatic carbocycles. The number of rotatable bonds is 6. The number of furan rings is 1. The topological polar surface area (TPSA) is 82.8 Å². The van der Waals surface area contributed by atoms with Crippen molar-refractivity contribution in [3.05, 3.63) is 24.2 Å². The highest BCUT2D eigenvalue weighted by atomic mass is 16.4. The van der Waals surface area contributed by atoms with Crippen LogP contribution in [-0.4, -0.2) is 42.5 Å². The fourth-order valence-electron chi connectivity index (χ4n) is 1.48. The summed E-state index contributed by atoms with van der Waals surface area (Å²) < 4.78 is 5.29. The maximum Gasteiger partial charge on any atom is 0.315 e. The van der Waals surface area contributed by atoms with E-state index in [2.05, 4.69) is 5.32 Å². The highest BCUT2D eigenvalue weighted by Crippen LogP contribution is 2.17. The fourth-order valence-corrected chi connectivity index (χ4v) is 1.48. The second-order valence-corrected chi connectivity index (χ2v) is 4.30. The van der Waals surface area contributed by atoms with Gasteiger partial charge in [0.2, 0.25) is 5.91 Å². The molecule has 1 aromatic heterocycles. The number of hydrogen-bond donors (Lipinski definition) is 2. The molecule has 0 aliphatic rings. The third kappa shape index (κ3) is 3.59. The van der Waals surface area contributed by atoms with Gasteiger partial charge in [-0.05, 0) is 33.2 Å². The Labute approximate surface area is 106 Å². The Kier molecular flexibility index (Phi) is 4.91. The van der Waals surface area contributed by atoms with Crippen LogP contribution in [-0.2, 0) is 9.59 Å². The molecule has 0 aliphatic heterocycles. The Morgan fingerprint density at radius 1 is 1.50 bits per heavy atom. The first-order chi connectivity index (χ1) is 8.43. The van der Waals surface area contributed by atoms with Gasteiger partial charge in [-0.15, -0.1) is 0 Å². The van der Waals surface area contributed by atoms with Crippen molar-refractivity contribution in [3.63, 3.8) is 0 Å². The van der Waals surface area contributed by atoms with E-state index in [0.29, 0.717) is 6.54 Å². The van der Waals surface area contributed by atoms with Crippen LogP contribution in [0.1, 0.15) is 18.7 Å². The number of carbonyl (C=O) groups is 2. The molecule has 2 unspecified atom stereocenters. The summed E-state index contributed by atoms with van der Waals surface area (Å²) in [5, 5.41) is 11.3. The van der Waals surface area contributed by atoms with E-state index in [1.165, 1.54) is 6.92 Å². The largest absolute Gasteiger partial charge is 0.481 e. The van der Waals surface area contributed by atoms with Gasteiger partial charge in [0.1, 0.15) is 11.7 Å². The maximum absolute atomic E-state index is 11.5. The number of hydrogen-bond acceptors (Lipinski definition) is 4. The minimum absolute atomic E-state index is 0.120. The van der Waals surface area contributed by atoms with Gasteiger partial charge in [0.05, 0.1) is 12.3 Å². The molecule has 0 saturated heterocycles. The monoisotopic (exact) mass is 254 g/mol. The number of nitrogens with zero attached hydrogens (tertiary/aromatic N) is 1. The van der Waals surface area contributed by atoms with Crippen molar-refractivity contribution >= 4 is 11.9 Å². The molecule has 0 saturated carbocycles. The zero-order valence-corrected chi connectivity index (χ0v) is 10.7. The lowest BCUT2D eigenvalue weighted by Crippen LogP contribution is -2.39. The Bertz CT molecular complexity index is 400. The van der Waals surface area contributed by atoms with Crippen molar-refractivity contribution in [1.29, 1.82) is 0 Å². The molecule has 1 rings (SSSR count). The minimum atomic E-state index is -1.13. The van der Waals surface area contributed by atoms with Crippen molar-refractivity contribution in [1.82, 2.24) is 10.2 Å². The Hall–Kier alpha value is -1.82. The molecular formula is C12H18N2O4. The van der Waals surface area contributed by atoms with Crippen molar-refractivity contribution in [2.45, 2.75) is 13.0 Å². The van der Waals surface area contributed by atoms with Crippen molar-refractivity contribution in [2.24, 2.45) is 5.92 Å². The van der Waals surface area contributed by atoms with E-state index < -0.39 is 17.8 Å². The van der Waals surface area contributed by atoms with Gasteiger partial charge in [-0.1, -0.05) is 0 Å². The molecule has 0 bridgehead atoms. The Morgan fingerprint density at radius 3 is 2.61 bits per heavy atom. The molecule has 1 aromatic rings. The molecule has 6 heteroatoms. The molecule has 0 spiro atoms. The minimum Gasteiger partial charge on any atom is -0.481 e. The maximum atomic E-state index is 11.5. The lowest BCUT2D eigenvalue weighted by Gasteiger charge is -2.23. The van der Waals surface area contributed by atoms with Crippen LogP contribution in [0.4, 0.5) is 0 Å². The van der Waals surface area contributed by atoms with Gasteiger partial charge in [-0.25, -0.2) is 0 Å². The first-order valence-electron chi connectivity index (χ1n) is 5.63. The summed E-state index contributed by atoms with van der Waals surface area (Å²) in [5.74, 6) is -1.96. The summed E-state index contributed by atoms with van der Waals surface area (Å²) in [5.41, 5.74) is 0. The van der Waals surface area contributed by atoms with Crippen LogP contribution in [0.25, 0.3) is 0 Å². The lowest BCUT2D eigenvalue weighted by atomic mass is 10.1. The highest BCUT2D eigenvalue weighted by molar-refractivity contribution is 5.96. The molecule has 6 nitrogen and oxygen atoms in total. The number of nitrogens with one attached hydrogen (secondary N) is 1. The van der Waals surface area contributed by atoms with Crippen LogP contribution in [0.15, 0.2) is 22.8 Å². The van der Waals surface area contributed by atoms with Crippen LogP contribution in [0.2, 0.25) is 0 Å². The first-order valence-corrected chi connectivity index (χ1v) is 5.63. The molecule has 2 N–H and O–H groups in total. The standard InChI is InChI=1S/C12H18N2O4/c1-8(12(16)17)11(15)13-7-9(14(2)3)10-5-4-6-18-10/h4-6,8-9H,7H2,1-3H3,(H,13,15)(H,16,17). The van der Waals surface area contributed by atoms with Crippen molar-refractivity contribution in [3.8, 4) is 0 Å². The summed E-state index contributed by atoms with van der Waals surface area (Å²) in [6.45, 7) is 1.66. The van der Waals surface area contributed by atoms with E-state index in [1.54, 1.807) is 12.3 Å². The predicted octanol–water partition coefficient (Wildman–Crippen LogP) is 0.719. The third-order valence-electron chi connectivity index (χ3n) is 2.73. The number of aliphatic carboxylic acids is 1. The van der Waals surface area contributed by atoms with Gasteiger partial charge < -0.3 is 14.8 Å². The van der Waals surface area contributed by atoms with Gasteiger partial charge in [-0.2, -0.15) is 0 Å². The van der Waals surface area contributed by atoms with E-state index in [0.717, 1.165) is 5.76 Å². The summed E-state index contributed by atoms with van der Waals surface area (Å²) in [4.78, 5) is 24.1. The highest BCUT2D eigenvalue weighted by Gasteiger charge is 2.23. The van der Waals surface area contributed by atoms with E-state index >= 15 is 0 Å². The van der Waals surface area contributed by atoms with Gasteiger partial charge in [-0.3, -0.25) is 14.5 Å². The number of carbonyl (C=O) groups excluding carboxylic acids is 1. The van der Waals surface area contributed by atoms with E-state index in [1.807, 2.05) is 25.1 Å². The van der Waals surface area contributed by atoms with Gasteiger partial charge in [0.25, 0.3) is 0 Å². The van der Waals surface area contributed by atoms with Crippen LogP contribution in [0.5, 0.6) is 0 Å². The summed E-state index contributed by atoms with van der Waals surface area (Å²) in [6, 6.07) is 3.47. The normalized spacial score (nSPS) is 14.2. The summed E-state index contributed by atoms with van der Waals surface area (Å²) in [7, 11) is 3.72. The van der Waals surface area contributed by atoms with Crippen LogP contribution in [0.3, 0.4) is 0 Å². The van der Waals surface area contributed by atoms with E-state index in [4.69, 9.17) is 9.52 Å².